The van der Waals surface area contributed by atoms with E-state index in [1.165, 1.54) is 11.3 Å². The molecular weight excluding hydrogens is 250 g/mol. The van der Waals surface area contributed by atoms with Gasteiger partial charge in [0.05, 0.1) is 4.88 Å². The predicted molar refractivity (Wildman–Crippen MR) is 69.5 cm³/mol. The molecule has 0 spiro atoms. The quantitative estimate of drug-likeness (QED) is 0.811. The lowest BCUT2D eigenvalue weighted by molar-refractivity contribution is 0.197. The number of rotatable bonds is 6. The van der Waals surface area contributed by atoms with E-state index in [-0.39, 0.29) is 5.69 Å². The van der Waals surface area contributed by atoms with E-state index in [1.807, 2.05) is 23.6 Å². The van der Waals surface area contributed by atoms with Crippen molar-refractivity contribution < 1.29 is 9.15 Å². The Morgan fingerprint density at radius 1 is 1.61 bits per heavy atom. The van der Waals surface area contributed by atoms with Crippen LogP contribution in [0.25, 0.3) is 10.8 Å². The fourth-order valence-corrected chi connectivity index (χ4v) is 2.09. The zero-order valence-corrected chi connectivity index (χ0v) is 10.8. The molecule has 0 unspecified atom stereocenters. The molecule has 18 heavy (non-hydrogen) atoms. The molecule has 2 rings (SSSR count). The number of nitrogens with zero attached hydrogens (tertiary/aromatic N) is 2. The van der Waals surface area contributed by atoms with Gasteiger partial charge in [0.15, 0.2) is 0 Å². The molecular formula is C12H13N3O2S. The van der Waals surface area contributed by atoms with Crippen molar-refractivity contribution in [3.63, 3.8) is 0 Å². The average Bonchev–Trinajstić information content (AvgIpc) is 3.03. The van der Waals surface area contributed by atoms with Crippen molar-refractivity contribution in [3.05, 3.63) is 23.2 Å². The van der Waals surface area contributed by atoms with Crippen LogP contribution in [0.15, 0.2) is 21.9 Å². The monoisotopic (exact) mass is 263 g/mol. The molecule has 0 radical (unpaired) electrons. The van der Waals surface area contributed by atoms with Crippen LogP contribution in [0.3, 0.4) is 0 Å². The molecule has 0 saturated carbocycles. The maximum Gasteiger partial charge on any atom is 0.240 e. The number of hydrogen-bond acceptors (Lipinski definition) is 6. The highest BCUT2D eigenvalue weighted by molar-refractivity contribution is 7.13. The zero-order valence-electron chi connectivity index (χ0n) is 9.97. The van der Waals surface area contributed by atoms with Crippen LogP contribution in [0.1, 0.15) is 12.1 Å². The van der Waals surface area contributed by atoms with Gasteiger partial charge in [-0.15, -0.1) is 11.3 Å². The second-order valence-electron chi connectivity index (χ2n) is 3.56. The van der Waals surface area contributed by atoms with Gasteiger partial charge in [-0.2, -0.15) is 10.2 Å². The fraction of sp³-hybridized carbons (Fsp3) is 0.333. The number of aromatic nitrogens is 1. The lowest BCUT2D eigenvalue weighted by atomic mass is 10.4. The number of ether oxygens (including phenoxy) is 1. The third kappa shape index (κ3) is 2.88. The van der Waals surface area contributed by atoms with Gasteiger partial charge >= 0.3 is 0 Å². The zero-order chi connectivity index (χ0) is 12.8. The van der Waals surface area contributed by atoms with E-state index in [2.05, 4.69) is 10.3 Å². The van der Waals surface area contributed by atoms with E-state index in [0.29, 0.717) is 24.9 Å². The lowest BCUT2D eigenvalue weighted by Gasteiger charge is -2.01. The largest absolute Gasteiger partial charge is 0.418 e. The minimum atomic E-state index is 0.288. The number of oxazole rings is 1. The van der Waals surface area contributed by atoms with Gasteiger partial charge in [0, 0.05) is 20.3 Å². The van der Waals surface area contributed by atoms with Gasteiger partial charge in [0.1, 0.15) is 6.07 Å². The average molecular weight is 263 g/mol. The van der Waals surface area contributed by atoms with Crippen LogP contribution < -0.4 is 5.32 Å². The summed E-state index contributed by atoms with van der Waals surface area (Å²) < 4.78 is 10.5. The molecule has 0 atom stereocenters. The van der Waals surface area contributed by atoms with Crippen LogP contribution >= 0.6 is 11.3 Å². The molecule has 94 valence electrons. The molecule has 0 aliphatic heterocycles. The van der Waals surface area contributed by atoms with E-state index in [9.17, 15) is 0 Å². The van der Waals surface area contributed by atoms with Crippen LogP contribution in [0, 0.1) is 11.3 Å². The van der Waals surface area contributed by atoms with E-state index < -0.39 is 0 Å². The molecule has 0 aliphatic carbocycles. The van der Waals surface area contributed by atoms with E-state index in [4.69, 9.17) is 14.4 Å². The van der Waals surface area contributed by atoms with Crippen molar-refractivity contribution in [2.75, 3.05) is 25.6 Å². The van der Waals surface area contributed by atoms with E-state index in [0.717, 1.165) is 11.3 Å². The van der Waals surface area contributed by atoms with E-state index >= 15 is 0 Å². The smallest absolute Gasteiger partial charge is 0.240 e. The maximum absolute atomic E-state index is 9.00. The van der Waals surface area contributed by atoms with Gasteiger partial charge in [-0.1, -0.05) is 6.07 Å². The van der Waals surface area contributed by atoms with E-state index in [1.54, 1.807) is 7.11 Å². The molecule has 1 N–H and O–H groups in total. The number of anilines is 1. The fourth-order valence-electron chi connectivity index (χ4n) is 1.44. The second kappa shape index (κ2) is 6.19. The number of nitriles is 1. The Morgan fingerprint density at radius 2 is 2.50 bits per heavy atom. The standard InChI is InChI=1S/C12H13N3O2S/c1-16-6-3-5-14-11-9(8-13)15-12(17-11)10-4-2-7-18-10/h2,4,7,14H,3,5-6H2,1H3. The summed E-state index contributed by atoms with van der Waals surface area (Å²) in [5.74, 6) is 0.910. The summed E-state index contributed by atoms with van der Waals surface area (Å²) in [7, 11) is 1.66. The Bertz CT molecular complexity index is 528. The van der Waals surface area contributed by atoms with Crippen molar-refractivity contribution in [3.8, 4) is 16.8 Å². The molecule has 5 nitrogen and oxygen atoms in total. The van der Waals surface area contributed by atoms with Gasteiger partial charge in [-0.3, -0.25) is 0 Å². The lowest BCUT2D eigenvalue weighted by Crippen LogP contribution is -2.04. The Morgan fingerprint density at radius 3 is 3.17 bits per heavy atom. The topological polar surface area (TPSA) is 71.1 Å². The van der Waals surface area contributed by atoms with Crippen LogP contribution in [-0.2, 0) is 4.74 Å². The van der Waals surface area contributed by atoms with Crippen molar-refractivity contribution in [1.29, 1.82) is 5.26 Å². The van der Waals surface area contributed by atoms with Gasteiger partial charge in [-0.25, -0.2) is 0 Å². The molecule has 2 aromatic heterocycles. The van der Waals surface area contributed by atoms with Crippen LogP contribution in [0.5, 0.6) is 0 Å². The first-order valence-electron chi connectivity index (χ1n) is 5.52. The highest BCUT2D eigenvalue weighted by atomic mass is 32.1. The number of methoxy groups -OCH3 is 1. The summed E-state index contributed by atoms with van der Waals surface area (Å²) >= 11 is 1.53. The summed E-state index contributed by atoms with van der Waals surface area (Å²) in [5.41, 5.74) is 0.288. The van der Waals surface area contributed by atoms with Crippen LogP contribution in [-0.4, -0.2) is 25.2 Å². The van der Waals surface area contributed by atoms with Gasteiger partial charge < -0.3 is 14.5 Å². The maximum atomic E-state index is 9.00. The predicted octanol–water partition coefficient (Wildman–Crippen LogP) is 2.72. The molecule has 6 heteroatoms. The van der Waals surface area contributed by atoms with Crippen LogP contribution in [0.2, 0.25) is 0 Å². The minimum Gasteiger partial charge on any atom is -0.418 e. The molecule has 0 amide bonds. The van der Waals surface area contributed by atoms with Gasteiger partial charge in [-0.05, 0) is 17.9 Å². The number of hydrogen-bond donors (Lipinski definition) is 1. The third-order valence-corrected chi connectivity index (χ3v) is 3.13. The normalized spacial score (nSPS) is 10.2. The summed E-state index contributed by atoms with van der Waals surface area (Å²) in [5, 5.41) is 14.0. The summed E-state index contributed by atoms with van der Waals surface area (Å²) in [6, 6.07) is 5.85. The minimum absolute atomic E-state index is 0.288. The summed E-state index contributed by atoms with van der Waals surface area (Å²) in [6.45, 7) is 1.35. The van der Waals surface area contributed by atoms with Crippen LogP contribution in [0.4, 0.5) is 5.88 Å². The molecule has 0 aliphatic rings. The summed E-state index contributed by atoms with van der Waals surface area (Å²) in [6.07, 6.45) is 0.844. The van der Waals surface area contributed by atoms with Crippen molar-refractivity contribution in [1.82, 2.24) is 4.98 Å². The molecule has 0 fully saturated rings. The Hall–Kier alpha value is -1.84. The molecule has 2 heterocycles. The molecule has 0 bridgehead atoms. The SMILES string of the molecule is COCCCNc1oc(-c2cccs2)nc1C#N. The molecule has 0 saturated heterocycles. The first kappa shape index (κ1) is 12.6. The summed E-state index contributed by atoms with van der Waals surface area (Å²) in [4.78, 5) is 5.07. The number of nitrogens with one attached hydrogen (secondary N) is 1. The first-order valence-corrected chi connectivity index (χ1v) is 6.40. The molecule has 0 aromatic carbocycles. The second-order valence-corrected chi connectivity index (χ2v) is 4.51. The Balaban J connectivity index is 2.08. The highest BCUT2D eigenvalue weighted by Gasteiger charge is 2.14. The highest BCUT2D eigenvalue weighted by Crippen LogP contribution is 2.28. The molecule has 2 aromatic rings. The van der Waals surface area contributed by atoms with Gasteiger partial charge in [0.2, 0.25) is 17.5 Å². The first-order chi connectivity index (χ1) is 8.85. The Labute approximate surface area is 109 Å². The Kier molecular flexibility index (Phi) is 4.34. The van der Waals surface area contributed by atoms with Crippen molar-refractivity contribution in [2.45, 2.75) is 6.42 Å². The number of thiophene rings is 1. The van der Waals surface area contributed by atoms with Crippen molar-refractivity contribution >= 4 is 17.2 Å². The van der Waals surface area contributed by atoms with Gasteiger partial charge in [0.25, 0.3) is 0 Å². The van der Waals surface area contributed by atoms with Crippen molar-refractivity contribution in [2.24, 2.45) is 0 Å². The third-order valence-electron chi connectivity index (χ3n) is 2.28.